The Morgan fingerprint density at radius 1 is 1.38 bits per heavy atom. The summed E-state index contributed by atoms with van der Waals surface area (Å²) in [5.74, 6) is -0.145. The highest BCUT2D eigenvalue weighted by atomic mass is 16.5. The molecule has 0 heterocycles. The van der Waals surface area contributed by atoms with Crippen LogP contribution in [0.4, 0.5) is 0 Å². The lowest BCUT2D eigenvalue weighted by Gasteiger charge is -2.20. The second-order valence-electron chi connectivity index (χ2n) is 4.70. The van der Waals surface area contributed by atoms with Crippen LogP contribution in [-0.4, -0.2) is 17.7 Å². The third-order valence-electron chi connectivity index (χ3n) is 2.32. The molecule has 1 N–H and O–H groups in total. The monoisotopic (exact) mass is 222 g/mol. The summed E-state index contributed by atoms with van der Waals surface area (Å²) in [5, 5.41) is 9.73. The van der Waals surface area contributed by atoms with Gasteiger partial charge in [-0.2, -0.15) is 0 Å². The van der Waals surface area contributed by atoms with E-state index in [4.69, 9.17) is 4.74 Å². The van der Waals surface area contributed by atoms with Crippen molar-refractivity contribution in [3.05, 3.63) is 29.3 Å². The Bertz CT molecular complexity index is 389. The van der Waals surface area contributed by atoms with E-state index in [1.807, 2.05) is 20.8 Å². The number of aromatic hydroxyl groups is 1. The first-order chi connectivity index (χ1) is 7.36. The predicted molar refractivity (Wildman–Crippen MR) is 62.8 cm³/mol. The van der Waals surface area contributed by atoms with Crippen LogP contribution in [0.1, 0.15) is 43.6 Å². The van der Waals surface area contributed by atoms with E-state index in [0.29, 0.717) is 12.2 Å². The maximum atomic E-state index is 11.5. The molecule has 3 heteroatoms. The molecule has 88 valence electrons. The van der Waals surface area contributed by atoms with Gasteiger partial charge in [-0.15, -0.1) is 0 Å². The number of ether oxygens (including phenoxy) is 1. The molecule has 0 unspecified atom stereocenters. The predicted octanol–water partition coefficient (Wildman–Crippen LogP) is 2.87. The SMILES string of the molecule is CCOC(=O)c1ccc(O)c(C(C)(C)C)c1. The Morgan fingerprint density at radius 2 is 2.00 bits per heavy atom. The number of carbonyl (C=O) groups is 1. The minimum absolute atomic E-state index is 0.202. The lowest BCUT2D eigenvalue weighted by Crippen LogP contribution is -2.13. The van der Waals surface area contributed by atoms with Gasteiger partial charge in [-0.3, -0.25) is 0 Å². The number of phenols is 1. The molecule has 0 fully saturated rings. The van der Waals surface area contributed by atoms with E-state index in [0.717, 1.165) is 5.56 Å². The van der Waals surface area contributed by atoms with E-state index in [9.17, 15) is 9.90 Å². The van der Waals surface area contributed by atoms with Crippen molar-refractivity contribution in [3.63, 3.8) is 0 Å². The largest absolute Gasteiger partial charge is 0.508 e. The zero-order chi connectivity index (χ0) is 12.3. The molecule has 0 aliphatic heterocycles. The maximum Gasteiger partial charge on any atom is 0.338 e. The van der Waals surface area contributed by atoms with Crippen molar-refractivity contribution in [1.82, 2.24) is 0 Å². The van der Waals surface area contributed by atoms with Crippen LogP contribution in [0, 0.1) is 0 Å². The van der Waals surface area contributed by atoms with Gasteiger partial charge in [-0.25, -0.2) is 4.79 Å². The molecular weight excluding hydrogens is 204 g/mol. The molecular formula is C13H18O3. The quantitative estimate of drug-likeness (QED) is 0.783. The minimum atomic E-state index is -0.354. The number of phenolic OH excluding ortho intramolecular Hbond substituents is 1. The van der Waals surface area contributed by atoms with Crippen LogP contribution in [0.25, 0.3) is 0 Å². The van der Waals surface area contributed by atoms with Gasteiger partial charge in [-0.05, 0) is 30.5 Å². The molecule has 0 saturated heterocycles. The van der Waals surface area contributed by atoms with Crippen molar-refractivity contribution in [3.8, 4) is 5.75 Å². The Labute approximate surface area is 96.1 Å². The van der Waals surface area contributed by atoms with Gasteiger partial charge in [0.1, 0.15) is 5.75 Å². The minimum Gasteiger partial charge on any atom is -0.508 e. The van der Waals surface area contributed by atoms with E-state index in [1.165, 1.54) is 6.07 Å². The van der Waals surface area contributed by atoms with Crippen molar-refractivity contribution in [2.75, 3.05) is 6.61 Å². The fraction of sp³-hybridized carbons (Fsp3) is 0.462. The molecule has 3 nitrogen and oxygen atoms in total. The third-order valence-corrected chi connectivity index (χ3v) is 2.32. The number of carbonyl (C=O) groups excluding carboxylic acids is 1. The highest BCUT2D eigenvalue weighted by molar-refractivity contribution is 5.90. The Morgan fingerprint density at radius 3 is 2.50 bits per heavy atom. The first kappa shape index (κ1) is 12.6. The summed E-state index contributed by atoms with van der Waals surface area (Å²) >= 11 is 0. The standard InChI is InChI=1S/C13H18O3/c1-5-16-12(15)9-6-7-11(14)10(8-9)13(2,3)4/h6-8,14H,5H2,1-4H3. The molecule has 0 saturated carbocycles. The normalized spacial score (nSPS) is 11.2. The van der Waals surface area contributed by atoms with Gasteiger partial charge < -0.3 is 9.84 Å². The average Bonchev–Trinajstić information content (AvgIpc) is 2.16. The fourth-order valence-corrected chi connectivity index (χ4v) is 1.48. The lowest BCUT2D eigenvalue weighted by molar-refractivity contribution is 0.0526. The molecule has 0 atom stereocenters. The molecule has 0 aromatic heterocycles. The van der Waals surface area contributed by atoms with Crippen LogP contribution < -0.4 is 0 Å². The van der Waals surface area contributed by atoms with Crippen molar-refractivity contribution in [2.24, 2.45) is 0 Å². The Kier molecular flexibility index (Phi) is 3.58. The first-order valence-corrected chi connectivity index (χ1v) is 5.37. The molecule has 16 heavy (non-hydrogen) atoms. The highest BCUT2D eigenvalue weighted by Crippen LogP contribution is 2.31. The van der Waals surface area contributed by atoms with Crippen LogP contribution in [-0.2, 0) is 10.2 Å². The summed E-state index contributed by atoms with van der Waals surface area (Å²) in [6, 6.07) is 4.79. The third kappa shape index (κ3) is 2.75. The summed E-state index contributed by atoms with van der Waals surface area (Å²) in [7, 11) is 0. The van der Waals surface area contributed by atoms with Crippen LogP contribution in [0.2, 0.25) is 0 Å². The van der Waals surface area contributed by atoms with Gasteiger partial charge in [0.25, 0.3) is 0 Å². The molecule has 0 aliphatic rings. The van der Waals surface area contributed by atoms with E-state index >= 15 is 0 Å². The van der Waals surface area contributed by atoms with Crippen molar-refractivity contribution < 1.29 is 14.6 Å². The number of hydrogen-bond donors (Lipinski definition) is 1. The first-order valence-electron chi connectivity index (χ1n) is 5.37. The van der Waals surface area contributed by atoms with Gasteiger partial charge >= 0.3 is 5.97 Å². The zero-order valence-corrected chi connectivity index (χ0v) is 10.2. The molecule has 0 bridgehead atoms. The van der Waals surface area contributed by atoms with Gasteiger partial charge in [0, 0.05) is 5.56 Å². The van der Waals surface area contributed by atoms with E-state index in [1.54, 1.807) is 19.1 Å². The number of esters is 1. The van der Waals surface area contributed by atoms with Crippen LogP contribution in [0.5, 0.6) is 5.75 Å². The van der Waals surface area contributed by atoms with Crippen LogP contribution >= 0.6 is 0 Å². The summed E-state index contributed by atoms with van der Waals surface area (Å²) in [4.78, 5) is 11.5. The molecule has 0 aliphatic carbocycles. The second kappa shape index (κ2) is 4.56. The van der Waals surface area contributed by atoms with E-state index in [2.05, 4.69) is 0 Å². The van der Waals surface area contributed by atoms with Gasteiger partial charge in [0.05, 0.1) is 12.2 Å². The Hall–Kier alpha value is -1.51. The van der Waals surface area contributed by atoms with Crippen LogP contribution in [0.15, 0.2) is 18.2 Å². The summed E-state index contributed by atoms with van der Waals surface area (Å²) in [5.41, 5.74) is 1.02. The average molecular weight is 222 g/mol. The van der Waals surface area contributed by atoms with Crippen molar-refractivity contribution in [2.45, 2.75) is 33.1 Å². The number of benzene rings is 1. The maximum absolute atomic E-state index is 11.5. The summed E-state index contributed by atoms with van der Waals surface area (Å²) in [6.07, 6.45) is 0. The topological polar surface area (TPSA) is 46.5 Å². The van der Waals surface area contributed by atoms with Crippen molar-refractivity contribution in [1.29, 1.82) is 0 Å². The summed E-state index contributed by atoms with van der Waals surface area (Å²) < 4.78 is 4.91. The van der Waals surface area contributed by atoms with Crippen molar-refractivity contribution >= 4 is 5.97 Å². The number of rotatable bonds is 2. The second-order valence-corrected chi connectivity index (χ2v) is 4.70. The summed E-state index contributed by atoms with van der Waals surface area (Å²) in [6.45, 7) is 8.07. The van der Waals surface area contributed by atoms with Crippen LogP contribution in [0.3, 0.4) is 0 Å². The molecule has 1 aromatic rings. The fourth-order valence-electron chi connectivity index (χ4n) is 1.48. The van der Waals surface area contributed by atoms with Gasteiger partial charge in [0.15, 0.2) is 0 Å². The highest BCUT2D eigenvalue weighted by Gasteiger charge is 2.20. The molecule has 0 spiro atoms. The number of hydrogen-bond acceptors (Lipinski definition) is 3. The molecule has 0 radical (unpaired) electrons. The lowest BCUT2D eigenvalue weighted by atomic mass is 9.85. The molecule has 0 amide bonds. The van der Waals surface area contributed by atoms with E-state index in [-0.39, 0.29) is 17.1 Å². The molecule has 1 aromatic carbocycles. The smallest absolute Gasteiger partial charge is 0.338 e. The van der Waals surface area contributed by atoms with Gasteiger partial charge in [0.2, 0.25) is 0 Å². The van der Waals surface area contributed by atoms with E-state index < -0.39 is 0 Å². The zero-order valence-electron chi connectivity index (χ0n) is 10.2. The molecule has 1 rings (SSSR count). The Balaban J connectivity index is 3.13. The van der Waals surface area contributed by atoms with Gasteiger partial charge in [-0.1, -0.05) is 20.8 Å².